The molecule has 7 heteroatoms. The molecule has 0 spiro atoms. The van der Waals surface area contributed by atoms with Gasteiger partial charge in [-0.3, -0.25) is 0 Å². The summed E-state index contributed by atoms with van der Waals surface area (Å²) >= 11 is 7.92. The number of hydrogen-bond acceptors (Lipinski definition) is 4. The molecule has 8 atom stereocenters. The molecule has 0 aromatic rings. The van der Waals surface area contributed by atoms with Crippen molar-refractivity contribution in [3.05, 3.63) is 35.6 Å². The van der Waals surface area contributed by atoms with E-state index in [4.69, 9.17) is 20.5 Å². The van der Waals surface area contributed by atoms with E-state index >= 15 is 0 Å². The van der Waals surface area contributed by atoms with Gasteiger partial charge < -0.3 is 13.8 Å². The third-order valence-electron chi connectivity index (χ3n) is 9.07. The zero-order valence-electron chi connectivity index (χ0n) is 24.6. The van der Waals surface area contributed by atoms with E-state index in [-0.39, 0.29) is 34.8 Å². The summed E-state index contributed by atoms with van der Waals surface area (Å²) in [5, 5.41) is 9.08. The predicted molar refractivity (Wildman–Crippen MR) is 157 cm³/mol. The number of nitriles is 1. The van der Waals surface area contributed by atoms with Crippen molar-refractivity contribution < 1.29 is 8.85 Å². The average molecular weight is 549 g/mol. The second kappa shape index (κ2) is 10.0. The first-order chi connectivity index (χ1) is 16.4. The lowest BCUT2D eigenvalue weighted by Gasteiger charge is -2.47. The zero-order valence-corrected chi connectivity index (χ0v) is 27.4. The Hall–Kier alpha value is -0.846. The van der Waals surface area contributed by atoms with Crippen LogP contribution in [0.4, 0.5) is 0 Å². The van der Waals surface area contributed by atoms with E-state index in [9.17, 15) is 5.26 Å². The molecule has 1 saturated carbocycles. The van der Waals surface area contributed by atoms with Gasteiger partial charge in [0.1, 0.15) is 0 Å². The summed E-state index contributed by atoms with van der Waals surface area (Å²) in [5.74, 6) is 0.746. The SMILES string of the molecule is C/C=C(/C1[C@@H]2C3C=C(C=CC3C)N(C)C[C@H]2[C@@H](O[Si](C)(C)C(C)(C)C)[C@]1(Cl)O[Si](C)(C)C)[C@@H](C)C#N. The Morgan fingerprint density at radius 2 is 1.89 bits per heavy atom. The van der Waals surface area contributed by atoms with Crippen LogP contribution in [0.3, 0.4) is 0 Å². The van der Waals surface area contributed by atoms with Crippen molar-refractivity contribution in [2.45, 2.75) is 90.5 Å². The highest BCUT2D eigenvalue weighted by molar-refractivity contribution is 6.74. The van der Waals surface area contributed by atoms with Crippen LogP contribution in [-0.4, -0.2) is 46.3 Å². The molecule has 36 heavy (non-hydrogen) atoms. The first kappa shape index (κ1) is 29.7. The number of alkyl halides is 1. The summed E-state index contributed by atoms with van der Waals surface area (Å²) < 4.78 is 14.4. The van der Waals surface area contributed by atoms with Gasteiger partial charge in [-0.05, 0) is 75.5 Å². The number of hydrogen-bond donors (Lipinski definition) is 0. The third-order valence-corrected chi connectivity index (χ3v) is 15.1. The smallest absolute Gasteiger partial charge is 0.192 e. The van der Waals surface area contributed by atoms with Crippen molar-refractivity contribution in [2.75, 3.05) is 13.6 Å². The van der Waals surface area contributed by atoms with E-state index in [1.807, 2.05) is 6.92 Å². The topological polar surface area (TPSA) is 45.5 Å². The fourth-order valence-electron chi connectivity index (χ4n) is 6.30. The van der Waals surface area contributed by atoms with Crippen molar-refractivity contribution >= 4 is 28.2 Å². The van der Waals surface area contributed by atoms with Crippen molar-refractivity contribution in [1.29, 1.82) is 5.26 Å². The van der Waals surface area contributed by atoms with Gasteiger partial charge in [0.05, 0.1) is 18.1 Å². The van der Waals surface area contributed by atoms with Crippen molar-refractivity contribution in [3.8, 4) is 6.07 Å². The molecular formula is C29H49ClN2O2Si2. The Kier molecular flexibility index (Phi) is 8.28. The van der Waals surface area contributed by atoms with E-state index in [0.717, 1.165) is 12.1 Å². The number of likely N-dealkylation sites (N-methyl/N-ethyl adjacent to an activating group) is 1. The molecule has 202 valence electrons. The molecule has 3 aliphatic rings. The van der Waals surface area contributed by atoms with Crippen LogP contribution >= 0.6 is 11.6 Å². The molecule has 2 bridgehead atoms. The lowest BCUT2D eigenvalue weighted by Crippen LogP contribution is -2.56. The van der Waals surface area contributed by atoms with Crippen LogP contribution in [0.2, 0.25) is 37.8 Å². The third kappa shape index (κ3) is 5.34. The van der Waals surface area contributed by atoms with Crippen LogP contribution in [-0.2, 0) is 8.85 Å². The molecule has 0 saturated heterocycles. The van der Waals surface area contributed by atoms with Crippen LogP contribution in [0.1, 0.15) is 41.5 Å². The molecule has 1 fully saturated rings. The summed E-state index contributed by atoms with van der Waals surface area (Å²) in [7, 11) is -2.10. The normalized spacial score (nSPS) is 36.2. The molecule has 1 heterocycles. The molecule has 3 unspecified atom stereocenters. The quantitative estimate of drug-likeness (QED) is 0.193. The summed E-state index contributed by atoms with van der Waals surface area (Å²) in [6, 6.07) is 2.52. The zero-order chi connectivity index (χ0) is 27.4. The Morgan fingerprint density at radius 1 is 1.28 bits per heavy atom. The van der Waals surface area contributed by atoms with Crippen molar-refractivity contribution in [1.82, 2.24) is 4.90 Å². The fourth-order valence-corrected chi connectivity index (χ4v) is 10.1. The molecule has 2 aliphatic carbocycles. The first-order valence-corrected chi connectivity index (χ1v) is 20.3. The minimum Gasteiger partial charge on any atom is -0.409 e. The maximum Gasteiger partial charge on any atom is 0.192 e. The minimum atomic E-state index is -2.19. The highest BCUT2D eigenvalue weighted by Gasteiger charge is 2.66. The molecular weight excluding hydrogens is 500 g/mol. The molecule has 0 N–H and O–H groups in total. The van der Waals surface area contributed by atoms with Crippen LogP contribution < -0.4 is 0 Å². The van der Waals surface area contributed by atoms with Crippen LogP contribution in [0.15, 0.2) is 35.6 Å². The number of halogens is 1. The van der Waals surface area contributed by atoms with E-state index in [0.29, 0.717) is 11.8 Å². The Morgan fingerprint density at radius 3 is 2.39 bits per heavy atom. The maximum absolute atomic E-state index is 10.1. The minimum absolute atomic E-state index is 0.0448. The lowest BCUT2D eigenvalue weighted by molar-refractivity contribution is -0.00609. The molecule has 1 aliphatic heterocycles. The molecule has 0 aromatic heterocycles. The van der Waals surface area contributed by atoms with E-state index in [2.05, 4.69) is 110 Å². The predicted octanol–water partition coefficient (Wildman–Crippen LogP) is 7.78. The second-order valence-electron chi connectivity index (χ2n) is 13.8. The van der Waals surface area contributed by atoms with Crippen LogP contribution in [0, 0.1) is 46.8 Å². The van der Waals surface area contributed by atoms with Crippen molar-refractivity contribution in [2.24, 2.45) is 35.5 Å². The number of rotatable bonds is 6. The largest absolute Gasteiger partial charge is 0.409 e. The van der Waals surface area contributed by atoms with Gasteiger partial charge >= 0.3 is 0 Å². The van der Waals surface area contributed by atoms with Gasteiger partial charge in [0.2, 0.25) is 0 Å². The molecule has 0 amide bonds. The molecule has 4 nitrogen and oxygen atoms in total. The second-order valence-corrected chi connectivity index (χ2v) is 23.6. The summed E-state index contributed by atoms with van der Waals surface area (Å²) in [5.41, 5.74) is 2.38. The number of allylic oxidation sites excluding steroid dienone is 4. The van der Waals surface area contributed by atoms with Gasteiger partial charge in [-0.15, -0.1) is 0 Å². The lowest BCUT2D eigenvalue weighted by atomic mass is 9.68. The Bertz CT molecular complexity index is 971. The fraction of sp³-hybridized carbons (Fsp3) is 0.759. The molecule has 0 radical (unpaired) electrons. The summed E-state index contributed by atoms with van der Waals surface area (Å²) in [6.45, 7) is 25.4. The average Bonchev–Trinajstić information content (AvgIpc) is 2.87. The molecule has 0 aromatic carbocycles. The summed E-state index contributed by atoms with van der Waals surface area (Å²) in [6.07, 6.45) is 8.94. The van der Waals surface area contributed by atoms with Gasteiger partial charge in [0.25, 0.3) is 0 Å². The van der Waals surface area contributed by atoms with E-state index in [1.54, 1.807) is 0 Å². The van der Waals surface area contributed by atoms with Gasteiger partial charge in [-0.1, -0.05) is 63.1 Å². The van der Waals surface area contributed by atoms with Gasteiger partial charge in [-0.25, -0.2) is 0 Å². The van der Waals surface area contributed by atoms with Gasteiger partial charge in [0, 0.05) is 31.1 Å². The highest BCUT2D eigenvalue weighted by Crippen LogP contribution is 2.61. The monoisotopic (exact) mass is 548 g/mol. The standard InChI is InChI=1S/C29H49ClN2O2Si2/c1-13-22(20(3)17-31)26-25-23-16-21(15-14-19(23)2)32(7)18-24(25)27(29(26,30)34-35(8,9)10)33-36(11,12)28(4,5)6/h13-16,19-20,23-27H,18H2,1-12H3/b22-13+/t19?,20-,23?,24+,25+,26?,27+,29+/m0/s1. The van der Waals surface area contributed by atoms with Crippen LogP contribution in [0.25, 0.3) is 0 Å². The van der Waals surface area contributed by atoms with Crippen molar-refractivity contribution in [3.63, 3.8) is 0 Å². The first-order valence-electron chi connectivity index (χ1n) is 13.6. The number of nitrogens with zero attached hydrogens (tertiary/aromatic N) is 2. The van der Waals surface area contributed by atoms with E-state index in [1.165, 1.54) is 5.70 Å². The molecule has 3 rings (SSSR count). The van der Waals surface area contributed by atoms with E-state index < -0.39 is 21.7 Å². The highest BCUT2D eigenvalue weighted by atomic mass is 35.5. The summed E-state index contributed by atoms with van der Waals surface area (Å²) in [4.78, 5) is 2.37. The maximum atomic E-state index is 10.1. The van der Waals surface area contributed by atoms with Gasteiger partial charge in [-0.2, -0.15) is 5.26 Å². The van der Waals surface area contributed by atoms with Crippen LogP contribution in [0.5, 0.6) is 0 Å². The Labute approximate surface area is 228 Å². The number of fused-ring (bicyclic) bond motifs is 3. The Balaban J connectivity index is 2.31. The van der Waals surface area contributed by atoms with Gasteiger partial charge in [0.15, 0.2) is 21.7 Å².